The fraction of sp³-hybridized carbons (Fsp3) is 0.571. The maximum absolute atomic E-state index is 14.0. The first-order valence-corrected chi connectivity index (χ1v) is 25.7. The Bertz CT molecular complexity index is 2630. The predicted molar refractivity (Wildman–Crippen MR) is 276 cm³/mol. The average Bonchev–Trinajstić information content (AvgIpc) is 3.62. The number of carbonyl (C=O) groups is 10. The van der Waals surface area contributed by atoms with E-state index >= 15 is 0 Å². The molecule has 3 amide bonds. The summed E-state index contributed by atoms with van der Waals surface area (Å²) in [7, 11) is 0. The van der Waals surface area contributed by atoms with E-state index in [9.17, 15) is 125 Å². The van der Waals surface area contributed by atoms with Crippen LogP contribution in [0.25, 0.3) is 0 Å². The molecule has 2 heterocycles. The summed E-state index contributed by atoms with van der Waals surface area (Å²) < 4.78 is 0. The molecule has 32 nitrogen and oxygen atoms in total. The molecule has 0 saturated heterocycles. The molecule has 0 spiro atoms. The van der Waals surface area contributed by atoms with Gasteiger partial charge in [-0.15, -0.1) is 0 Å². The predicted octanol–water partition coefficient (Wildman–Crippen LogP) is -7.79. The van der Waals surface area contributed by atoms with E-state index in [1.54, 1.807) is 17.4 Å². The summed E-state index contributed by atoms with van der Waals surface area (Å²) >= 11 is 3.78. The van der Waals surface area contributed by atoms with Crippen LogP contribution in [0.3, 0.4) is 0 Å². The van der Waals surface area contributed by atoms with Crippen molar-refractivity contribution in [1.82, 2.24) is 25.9 Å². The molecular weight excluding hydrogens is 1120 g/mol. The number of aryl methyl sites for hydroxylation is 2. The lowest BCUT2D eigenvalue weighted by Gasteiger charge is -2.33. The smallest absolute Gasteiger partial charge is 0.327 e. The number of ketones is 4. The summed E-state index contributed by atoms with van der Waals surface area (Å²) in [6, 6.07) is -0.958. The van der Waals surface area contributed by atoms with Gasteiger partial charge in [-0.3, -0.25) is 43.2 Å². The van der Waals surface area contributed by atoms with Crippen LogP contribution in [0.1, 0.15) is 77.0 Å². The molecular formula is C49H67N7O25S. The Morgan fingerprint density at radius 2 is 1.16 bits per heavy atom. The van der Waals surface area contributed by atoms with Crippen LogP contribution >= 0.6 is 12.6 Å². The molecule has 2 aromatic rings. The number of carboxylic acid groups (broad SMARTS) is 3. The molecule has 0 radical (unpaired) electrons. The zero-order valence-electron chi connectivity index (χ0n) is 43.4. The normalized spacial score (nSPS) is 17.9. The number of amides is 3. The topological polar surface area (TPSA) is 574 Å². The van der Waals surface area contributed by atoms with Crippen LogP contribution in [0.5, 0.6) is 0 Å². The molecule has 1 aromatic carbocycles. The lowest BCUT2D eigenvalue weighted by Crippen LogP contribution is -2.59. The summed E-state index contributed by atoms with van der Waals surface area (Å²) in [5.41, 5.74) is 6.99. The van der Waals surface area contributed by atoms with Crippen molar-refractivity contribution < 1.29 is 125 Å². The number of nitrogens with two attached hydrogens (primary N) is 1. The van der Waals surface area contributed by atoms with Gasteiger partial charge < -0.3 is 98.3 Å². The van der Waals surface area contributed by atoms with E-state index in [0.29, 0.717) is 24.1 Å². The van der Waals surface area contributed by atoms with Crippen LogP contribution in [0, 0.1) is 17.8 Å². The Balaban J connectivity index is 1.87. The van der Waals surface area contributed by atoms with E-state index in [2.05, 4.69) is 27.6 Å². The van der Waals surface area contributed by atoms with Crippen LogP contribution in [0.15, 0.2) is 35.5 Å². The van der Waals surface area contributed by atoms with Gasteiger partial charge >= 0.3 is 17.9 Å². The molecule has 20 N–H and O–H groups in total. The number of nitrogens with one attached hydrogen (secondary N) is 3. The number of hydrogen-bond acceptors (Lipinski definition) is 27. The lowest BCUT2D eigenvalue weighted by atomic mass is 9.85. The van der Waals surface area contributed by atoms with Crippen LogP contribution < -0.4 is 21.7 Å². The molecule has 0 unspecified atom stereocenters. The highest BCUT2D eigenvalue weighted by Crippen LogP contribution is 2.24. The van der Waals surface area contributed by atoms with Crippen molar-refractivity contribution in [2.75, 3.05) is 25.6 Å². The van der Waals surface area contributed by atoms with Gasteiger partial charge in [0.05, 0.1) is 68.4 Å². The third-order valence-electron chi connectivity index (χ3n) is 13.1. The van der Waals surface area contributed by atoms with E-state index < -0.39 is 208 Å². The maximum atomic E-state index is 14.0. The summed E-state index contributed by atoms with van der Waals surface area (Å²) in [5.74, 6) is -20.6. The number of aliphatic carboxylic acids is 3. The monoisotopic (exact) mass is 1190 g/mol. The minimum absolute atomic E-state index is 0.0733. The number of rotatable bonds is 37. The zero-order valence-corrected chi connectivity index (χ0v) is 44.3. The van der Waals surface area contributed by atoms with E-state index in [4.69, 9.17) is 5.73 Å². The van der Waals surface area contributed by atoms with Gasteiger partial charge in [-0.1, -0.05) is 24.3 Å². The van der Waals surface area contributed by atoms with Gasteiger partial charge in [0.25, 0.3) is 0 Å². The van der Waals surface area contributed by atoms with Crippen molar-refractivity contribution in [3.63, 3.8) is 0 Å². The highest BCUT2D eigenvalue weighted by molar-refractivity contribution is 7.80. The van der Waals surface area contributed by atoms with Crippen molar-refractivity contribution in [3.05, 3.63) is 53.0 Å². The molecule has 1 aliphatic rings. The third-order valence-corrected chi connectivity index (χ3v) is 13.5. The van der Waals surface area contributed by atoms with Gasteiger partial charge in [-0.25, -0.2) is 19.8 Å². The molecule has 0 fully saturated rings. The summed E-state index contributed by atoms with van der Waals surface area (Å²) in [4.78, 5) is 143. The zero-order chi connectivity index (χ0) is 61.9. The first-order valence-electron chi connectivity index (χ1n) is 25.0. The van der Waals surface area contributed by atoms with E-state index in [1.807, 2.05) is 10.6 Å². The van der Waals surface area contributed by atoms with Gasteiger partial charge in [-0.2, -0.15) is 12.6 Å². The molecule has 0 saturated carbocycles. The highest BCUT2D eigenvalue weighted by Gasteiger charge is 2.45. The molecule has 0 bridgehead atoms. The molecule has 82 heavy (non-hydrogen) atoms. The number of aliphatic imine (C=N–C) groups is 1. The minimum atomic E-state index is -2.77. The quantitative estimate of drug-likeness (QED) is 0.0221. The number of aromatic nitrogens is 2. The van der Waals surface area contributed by atoms with Crippen molar-refractivity contribution in [1.29, 1.82) is 0 Å². The Morgan fingerprint density at radius 1 is 0.622 bits per heavy atom. The second-order valence-corrected chi connectivity index (χ2v) is 19.5. The third kappa shape index (κ3) is 19.9. The Kier molecular flexibility index (Phi) is 27.7. The van der Waals surface area contributed by atoms with Crippen LogP contribution in [0.4, 0.5) is 5.82 Å². The van der Waals surface area contributed by atoms with Crippen molar-refractivity contribution in [2.24, 2.45) is 28.5 Å². The number of hydrogen-bond donors (Lipinski definition) is 20. The summed E-state index contributed by atoms with van der Waals surface area (Å²) in [5, 5.41) is 158. The Hall–Kier alpha value is -6.86. The number of aliphatic hydroxyl groups excluding tert-OH is 12. The van der Waals surface area contributed by atoms with Gasteiger partial charge in [0.15, 0.2) is 34.6 Å². The SMILES string of the molecule is NC1=Nc2ncc(CCc3ccc(C(=O)C[C@@H](CCC(=O)N[C@H](C(=O)C[C@@H](CC(=O)O)C(=O)N[C@H](C(=O)C[C@H](C(=O)N[C@H](CS)C(=O)O)[C@@H](O)[C@H](O)[C@H](O)CO)[C@@H](O)[C@H](O)[C@H](O)CO)[C@@H](O)[C@H](O)[C@H](O)CO)C(=O)O)cc3)nc2C(=O)C1. The second-order valence-electron chi connectivity index (χ2n) is 19.2. The number of carboxylic acids is 3. The van der Waals surface area contributed by atoms with Crippen LogP contribution in [-0.2, 0) is 51.2 Å². The Morgan fingerprint density at radius 3 is 1.67 bits per heavy atom. The fourth-order valence-electron chi connectivity index (χ4n) is 8.21. The van der Waals surface area contributed by atoms with Crippen LogP contribution in [0.2, 0.25) is 0 Å². The number of aliphatic hydroxyl groups is 12. The number of thiol groups is 1. The number of fused-ring (bicyclic) bond motifs is 1. The van der Waals surface area contributed by atoms with Crippen molar-refractivity contribution in [3.8, 4) is 0 Å². The van der Waals surface area contributed by atoms with E-state index in [-0.39, 0.29) is 35.1 Å². The number of amidine groups is 1. The molecule has 15 atom stereocenters. The first-order chi connectivity index (χ1) is 38.5. The van der Waals surface area contributed by atoms with Gasteiger partial charge in [0.2, 0.25) is 17.7 Å². The van der Waals surface area contributed by atoms with E-state index in [1.165, 1.54) is 18.3 Å². The largest absolute Gasteiger partial charge is 0.481 e. The molecule has 0 aliphatic carbocycles. The van der Waals surface area contributed by atoms with Gasteiger partial charge in [0.1, 0.15) is 72.8 Å². The minimum Gasteiger partial charge on any atom is -0.481 e. The number of nitrogens with zero attached hydrogens (tertiary/aromatic N) is 3. The molecule has 3 rings (SSSR count). The average molecular weight is 1190 g/mol. The fourth-order valence-corrected chi connectivity index (χ4v) is 8.45. The highest BCUT2D eigenvalue weighted by atomic mass is 32.1. The molecule has 1 aromatic heterocycles. The number of Topliss-reactive ketones (excluding diaryl/α,β-unsaturated/α-hetero) is 4. The second kappa shape index (κ2) is 32.7. The number of carbonyl (C=O) groups excluding carboxylic acids is 7. The van der Waals surface area contributed by atoms with Crippen molar-refractivity contribution in [2.45, 2.75) is 131 Å². The van der Waals surface area contributed by atoms with Crippen molar-refractivity contribution >= 4 is 83.0 Å². The first kappa shape index (κ1) is 69.4. The maximum Gasteiger partial charge on any atom is 0.327 e. The van der Waals surface area contributed by atoms with Gasteiger partial charge in [0, 0.05) is 37.0 Å². The van der Waals surface area contributed by atoms with Crippen LogP contribution in [-0.4, -0.2) is 250 Å². The lowest BCUT2D eigenvalue weighted by molar-refractivity contribution is -0.150. The molecule has 1 aliphatic heterocycles. The molecule has 454 valence electrons. The summed E-state index contributed by atoms with van der Waals surface area (Å²) in [6.07, 6.45) is -26.7. The van der Waals surface area contributed by atoms with Gasteiger partial charge in [-0.05, 0) is 24.8 Å². The standard InChI is InChI=1S/C49H67N7O25S/c50-33-13-29(63)38-45(54-33)51-14-23(52-38)7-3-19-1-4-20(5-2-19)26(60)9-21(48(78)79)6-8-34(67)55-36(43(74)41(72)31(65)16-58)27(61)10-22(11-35(68)69)46(76)56-37(44(75)42(73)32(66)17-59)28(62)12-24(39(70)40(71)30(64)15-57)47(77)53-25(18-82)49(80)81/h1-2,4-5,14,21-22,24-25,30-32,36-37,39-44,57-59,64-66,70-75,82H,3,6-13,15-18H2,(H,53,77)(H,55,67)(H,56,76)(H,68,69)(H,78,79)(H,80,81)(H2,50,51,54)/t21-,22+,24+,25-,30-,31-,32-,36-,37-,39-,40-,41-,42-,43-,44-/m1/s1. The Labute approximate surface area is 470 Å². The van der Waals surface area contributed by atoms with E-state index in [0.717, 1.165) is 0 Å². The summed E-state index contributed by atoms with van der Waals surface area (Å²) in [6.45, 7) is -3.85. The molecule has 33 heteroatoms. The number of benzene rings is 1.